The fourth-order valence-electron chi connectivity index (χ4n) is 4.32. The highest BCUT2D eigenvalue weighted by molar-refractivity contribution is 7.89. The number of alkyl halides is 4. The van der Waals surface area contributed by atoms with Gasteiger partial charge < -0.3 is 25.3 Å². The molecule has 0 bridgehead atoms. The molecule has 13 heteroatoms. The second kappa shape index (κ2) is 11.1. The number of rotatable bonds is 7. The number of primary sulfonamides is 1. The van der Waals surface area contributed by atoms with Crippen molar-refractivity contribution in [1.82, 2.24) is 9.88 Å². The van der Waals surface area contributed by atoms with Crippen LogP contribution in [-0.2, 0) is 16.6 Å². The summed E-state index contributed by atoms with van der Waals surface area (Å²) in [5.41, 5.74) is 1.44. The lowest BCUT2D eigenvalue weighted by Gasteiger charge is -2.28. The van der Waals surface area contributed by atoms with E-state index in [4.69, 9.17) is 9.88 Å². The van der Waals surface area contributed by atoms with Crippen LogP contribution in [0.2, 0.25) is 0 Å². The number of fused-ring (bicyclic) bond motifs is 1. The van der Waals surface area contributed by atoms with E-state index < -0.39 is 35.0 Å². The van der Waals surface area contributed by atoms with Crippen LogP contribution in [0, 0.1) is 11.8 Å². The molecule has 38 heavy (non-hydrogen) atoms. The smallest absolute Gasteiger partial charge is 0.406 e. The minimum Gasteiger partial charge on any atom is -0.495 e. The van der Waals surface area contributed by atoms with Crippen LogP contribution in [0.3, 0.4) is 0 Å². The van der Waals surface area contributed by atoms with E-state index in [1.165, 1.54) is 25.3 Å². The molecule has 1 aromatic heterocycles. The minimum absolute atomic E-state index is 0.0301. The lowest BCUT2D eigenvalue weighted by molar-refractivity contribution is -0.140. The molecule has 0 saturated carbocycles. The van der Waals surface area contributed by atoms with Crippen molar-refractivity contribution < 1.29 is 30.7 Å². The van der Waals surface area contributed by atoms with Gasteiger partial charge in [0, 0.05) is 23.7 Å². The number of nitrogens with zero attached hydrogens (tertiary/aromatic N) is 1. The van der Waals surface area contributed by atoms with Crippen molar-refractivity contribution in [3.63, 3.8) is 0 Å². The van der Waals surface area contributed by atoms with Gasteiger partial charge in [-0.05, 0) is 49.2 Å². The largest absolute Gasteiger partial charge is 0.495 e. The van der Waals surface area contributed by atoms with Crippen molar-refractivity contribution in [3.05, 3.63) is 48.2 Å². The van der Waals surface area contributed by atoms with E-state index in [0.717, 1.165) is 4.57 Å². The number of methoxy groups -OCH3 is 1. The van der Waals surface area contributed by atoms with E-state index in [1.807, 2.05) is 0 Å². The molecule has 0 radical (unpaired) electrons. The van der Waals surface area contributed by atoms with Gasteiger partial charge in [0.05, 0.1) is 41.5 Å². The first-order valence-electron chi connectivity index (χ1n) is 11.7. The molecule has 5 N–H and O–H groups in total. The highest BCUT2D eigenvalue weighted by Crippen LogP contribution is 2.31. The van der Waals surface area contributed by atoms with Gasteiger partial charge in [0.25, 0.3) is 0 Å². The second-order valence-corrected chi connectivity index (χ2v) is 10.4. The maximum absolute atomic E-state index is 14.4. The minimum atomic E-state index is -4.48. The van der Waals surface area contributed by atoms with Crippen LogP contribution in [-0.4, -0.2) is 58.1 Å². The zero-order chi connectivity index (χ0) is 27.5. The monoisotopic (exact) mass is 553 g/mol. The van der Waals surface area contributed by atoms with Crippen LogP contribution in [0.15, 0.2) is 47.4 Å². The van der Waals surface area contributed by atoms with Crippen LogP contribution in [0.4, 0.5) is 28.9 Å². The molecule has 204 valence electrons. The van der Waals surface area contributed by atoms with E-state index in [1.54, 1.807) is 24.3 Å². The van der Waals surface area contributed by atoms with Gasteiger partial charge in [0.1, 0.15) is 18.5 Å². The number of ether oxygens (including phenoxy) is 1. The Balaban J connectivity index is 1.61. The fourth-order valence-corrected chi connectivity index (χ4v) is 4.84. The van der Waals surface area contributed by atoms with E-state index in [9.17, 15) is 26.0 Å². The molecular weight excluding hydrogens is 526 g/mol. The van der Waals surface area contributed by atoms with Gasteiger partial charge >= 0.3 is 6.18 Å². The standard InChI is InChI=1S/C25H27F4N5O3S/c1-37-24-13-17(38(30,35)36)7-8-22(24)32-10-3-4-16-12-18-20(33-21-9-11-31-14-19(21)26)5-2-6-23(18)34(16)15-25(27,28)29/h2,5-8,12-13,19,21,31-33H,9-11,14-15H2,1H3,(H2,30,35,36). The van der Waals surface area contributed by atoms with E-state index in [0.29, 0.717) is 35.2 Å². The summed E-state index contributed by atoms with van der Waals surface area (Å²) in [4.78, 5) is -0.129. The second-order valence-electron chi connectivity index (χ2n) is 8.79. The Morgan fingerprint density at radius 3 is 2.68 bits per heavy atom. The quantitative estimate of drug-likeness (QED) is 0.264. The summed E-state index contributed by atoms with van der Waals surface area (Å²) in [6, 6.07) is 10.0. The van der Waals surface area contributed by atoms with E-state index in [-0.39, 0.29) is 29.4 Å². The van der Waals surface area contributed by atoms with E-state index >= 15 is 0 Å². The van der Waals surface area contributed by atoms with Crippen LogP contribution < -0.4 is 25.8 Å². The van der Waals surface area contributed by atoms with Crippen molar-refractivity contribution >= 4 is 32.3 Å². The van der Waals surface area contributed by atoms with Gasteiger partial charge in [-0.25, -0.2) is 17.9 Å². The maximum atomic E-state index is 14.4. The molecule has 1 saturated heterocycles. The van der Waals surface area contributed by atoms with Gasteiger partial charge in [-0.2, -0.15) is 13.2 Å². The number of nitrogens with one attached hydrogen (secondary N) is 3. The Bertz CT molecular complexity index is 1480. The molecule has 0 spiro atoms. The number of nitrogens with two attached hydrogens (primary N) is 1. The van der Waals surface area contributed by atoms with Crippen LogP contribution >= 0.6 is 0 Å². The molecule has 2 unspecified atom stereocenters. The van der Waals surface area contributed by atoms with Crippen molar-refractivity contribution in [2.24, 2.45) is 5.14 Å². The highest BCUT2D eigenvalue weighted by atomic mass is 32.2. The Hall–Kier alpha value is -3.47. The normalized spacial score (nSPS) is 18.1. The van der Waals surface area contributed by atoms with Gasteiger partial charge in [-0.3, -0.25) is 0 Å². The topological polar surface area (TPSA) is 110 Å². The maximum Gasteiger partial charge on any atom is 0.406 e. The molecule has 2 atom stereocenters. The number of piperidine rings is 1. The number of anilines is 2. The molecule has 2 aromatic carbocycles. The molecular formula is C25H27F4N5O3S. The Morgan fingerprint density at radius 1 is 1.21 bits per heavy atom. The summed E-state index contributed by atoms with van der Waals surface area (Å²) >= 11 is 0. The number of hydrogen-bond donors (Lipinski definition) is 4. The molecule has 1 fully saturated rings. The zero-order valence-corrected chi connectivity index (χ0v) is 21.2. The Morgan fingerprint density at radius 2 is 2.00 bits per heavy atom. The molecule has 1 aliphatic rings. The third-order valence-corrected chi connectivity index (χ3v) is 7.03. The average molecular weight is 554 g/mol. The third-order valence-electron chi connectivity index (χ3n) is 6.12. The summed E-state index contributed by atoms with van der Waals surface area (Å²) in [7, 11) is -2.57. The van der Waals surface area contributed by atoms with Crippen molar-refractivity contribution in [2.75, 3.05) is 37.4 Å². The fraction of sp³-hybridized carbons (Fsp3) is 0.360. The summed E-state index contributed by atoms with van der Waals surface area (Å²) in [5.74, 6) is 5.81. The van der Waals surface area contributed by atoms with Gasteiger partial charge in [-0.15, -0.1) is 0 Å². The molecule has 4 rings (SSSR count). The first-order chi connectivity index (χ1) is 18.0. The van der Waals surface area contributed by atoms with Crippen molar-refractivity contribution in [1.29, 1.82) is 0 Å². The lowest BCUT2D eigenvalue weighted by atomic mass is 10.0. The van der Waals surface area contributed by atoms with Crippen LogP contribution in [0.1, 0.15) is 12.1 Å². The van der Waals surface area contributed by atoms with Gasteiger partial charge in [-0.1, -0.05) is 12.0 Å². The van der Waals surface area contributed by atoms with E-state index in [2.05, 4.69) is 27.8 Å². The van der Waals surface area contributed by atoms with Crippen LogP contribution in [0.5, 0.6) is 5.75 Å². The summed E-state index contributed by atoms with van der Waals surface area (Å²) in [6.07, 6.45) is -5.07. The Kier molecular flexibility index (Phi) is 8.05. The lowest BCUT2D eigenvalue weighted by Crippen LogP contribution is -2.45. The number of aromatic nitrogens is 1. The summed E-state index contributed by atoms with van der Waals surface area (Å²) in [5, 5.41) is 14.7. The Labute approximate surface area is 217 Å². The number of benzene rings is 2. The SMILES string of the molecule is COc1cc(S(N)(=O)=O)ccc1NCC#Cc1cc2c(NC3CCNCC3F)cccc2n1CC(F)(F)F. The summed E-state index contributed by atoms with van der Waals surface area (Å²) in [6.45, 7) is -0.355. The average Bonchev–Trinajstić information content (AvgIpc) is 3.19. The highest BCUT2D eigenvalue weighted by Gasteiger charge is 2.30. The number of sulfonamides is 1. The molecule has 2 heterocycles. The number of hydrogen-bond acceptors (Lipinski definition) is 6. The van der Waals surface area contributed by atoms with Crippen LogP contribution in [0.25, 0.3) is 10.9 Å². The molecule has 3 aromatic rings. The molecule has 8 nitrogen and oxygen atoms in total. The van der Waals surface area contributed by atoms with Gasteiger partial charge in [0.15, 0.2) is 0 Å². The zero-order valence-electron chi connectivity index (χ0n) is 20.4. The molecule has 0 amide bonds. The summed E-state index contributed by atoms with van der Waals surface area (Å²) < 4.78 is 84.1. The number of halogens is 4. The predicted octanol–water partition coefficient (Wildman–Crippen LogP) is 3.44. The predicted molar refractivity (Wildman–Crippen MR) is 138 cm³/mol. The first kappa shape index (κ1) is 27.6. The molecule has 0 aliphatic carbocycles. The van der Waals surface area contributed by atoms with Crippen molar-refractivity contribution in [3.8, 4) is 17.6 Å². The third kappa shape index (κ3) is 6.50. The first-order valence-corrected chi connectivity index (χ1v) is 13.2. The van der Waals surface area contributed by atoms with Gasteiger partial charge in [0.2, 0.25) is 10.0 Å². The van der Waals surface area contributed by atoms with Crippen molar-refractivity contribution in [2.45, 2.75) is 36.3 Å². The molecule has 1 aliphatic heterocycles.